The molecule has 0 aliphatic carbocycles. The molecule has 1 aromatic heterocycles. The van der Waals surface area contributed by atoms with E-state index in [4.69, 9.17) is 0 Å². The monoisotopic (exact) mass is 281 g/mol. The van der Waals surface area contributed by atoms with Crippen LogP contribution in [0.3, 0.4) is 0 Å². The van der Waals surface area contributed by atoms with E-state index in [1.54, 1.807) is 0 Å². The van der Waals surface area contributed by atoms with Crippen molar-refractivity contribution in [2.45, 2.75) is 58.5 Å². The average Bonchev–Trinajstić information content (AvgIpc) is 2.75. The summed E-state index contributed by atoms with van der Waals surface area (Å²) >= 11 is 1.87. The summed E-state index contributed by atoms with van der Waals surface area (Å²) in [4.78, 5) is 8.77. The number of aryl methyl sites for hydroxylation is 2. The molecule has 0 aromatic carbocycles. The minimum atomic E-state index is 0.522. The third kappa shape index (κ3) is 3.56. The average molecular weight is 281 g/mol. The fraction of sp³-hybridized carbons (Fsp3) is 0.800. The zero-order valence-electron chi connectivity index (χ0n) is 12.7. The number of hydrogen-bond donors (Lipinski definition) is 1. The summed E-state index contributed by atoms with van der Waals surface area (Å²) in [5.41, 5.74) is 1.23. The molecule has 0 saturated carbocycles. The van der Waals surface area contributed by atoms with Crippen molar-refractivity contribution in [3.05, 3.63) is 15.6 Å². The van der Waals surface area contributed by atoms with E-state index >= 15 is 0 Å². The zero-order valence-corrected chi connectivity index (χ0v) is 13.5. The van der Waals surface area contributed by atoms with Crippen LogP contribution in [-0.2, 0) is 0 Å². The van der Waals surface area contributed by atoms with Crippen molar-refractivity contribution in [3.8, 4) is 0 Å². The van der Waals surface area contributed by atoms with Gasteiger partial charge in [0, 0.05) is 17.0 Å². The number of nitrogens with zero attached hydrogens (tertiary/aromatic N) is 2. The number of rotatable bonds is 5. The quantitative estimate of drug-likeness (QED) is 0.897. The highest BCUT2D eigenvalue weighted by Gasteiger charge is 2.28. The van der Waals surface area contributed by atoms with Gasteiger partial charge in [-0.2, -0.15) is 0 Å². The summed E-state index contributed by atoms with van der Waals surface area (Å²) in [7, 11) is 2.05. The van der Waals surface area contributed by atoms with Gasteiger partial charge in [0.15, 0.2) is 0 Å². The lowest BCUT2D eigenvalue weighted by Gasteiger charge is -2.40. The van der Waals surface area contributed by atoms with Gasteiger partial charge in [-0.05, 0) is 60.2 Å². The van der Waals surface area contributed by atoms with E-state index in [2.05, 4.69) is 36.0 Å². The summed E-state index contributed by atoms with van der Waals surface area (Å²) < 4.78 is 0. The molecule has 2 rings (SSSR count). The molecule has 1 aliphatic rings. The SMILES string of the molecule is CNCCC1CCCCN1C(C)c1sc(C)nc1C. The number of aromatic nitrogens is 1. The topological polar surface area (TPSA) is 28.2 Å². The Morgan fingerprint density at radius 1 is 1.42 bits per heavy atom. The molecule has 3 nitrogen and oxygen atoms in total. The summed E-state index contributed by atoms with van der Waals surface area (Å²) in [6.07, 6.45) is 5.34. The van der Waals surface area contributed by atoms with Crippen molar-refractivity contribution >= 4 is 11.3 Å². The molecule has 0 spiro atoms. The highest BCUT2D eigenvalue weighted by molar-refractivity contribution is 7.11. The molecule has 2 atom stereocenters. The van der Waals surface area contributed by atoms with Crippen molar-refractivity contribution in [1.29, 1.82) is 0 Å². The Kier molecular flexibility index (Phi) is 5.37. The first-order valence-corrected chi connectivity index (χ1v) is 8.29. The van der Waals surface area contributed by atoms with Gasteiger partial charge in [-0.1, -0.05) is 6.42 Å². The van der Waals surface area contributed by atoms with Crippen LogP contribution in [0.1, 0.15) is 54.2 Å². The first-order chi connectivity index (χ1) is 9.13. The van der Waals surface area contributed by atoms with Gasteiger partial charge in [-0.25, -0.2) is 4.98 Å². The second-order valence-electron chi connectivity index (χ2n) is 5.64. The van der Waals surface area contributed by atoms with Crippen molar-refractivity contribution in [3.63, 3.8) is 0 Å². The van der Waals surface area contributed by atoms with Crippen LogP contribution in [0.25, 0.3) is 0 Å². The van der Waals surface area contributed by atoms with E-state index in [0.29, 0.717) is 6.04 Å². The molecule has 108 valence electrons. The summed E-state index contributed by atoms with van der Waals surface area (Å²) in [5.74, 6) is 0. The van der Waals surface area contributed by atoms with Gasteiger partial charge in [0.1, 0.15) is 0 Å². The Labute approximate surface area is 121 Å². The maximum Gasteiger partial charge on any atom is 0.0900 e. The molecule has 1 aromatic rings. The second kappa shape index (κ2) is 6.82. The van der Waals surface area contributed by atoms with E-state index in [1.807, 2.05) is 18.4 Å². The fourth-order valence-electron chi connectivity index (χ4n) is 3.24. The summed E-state index contributed by atoms with van der Waals surface area (Å²) in [6, 6.07) is 1.26. The third-order valence-electron chi connectivity index (χ3n) is 4.22. The first-order valence-electron chi connectivity index (χ1n) is 7.47. The maximum absolute atomic E-state index is 4.59. The number of hydrogen-bond acceptors (Lipinski definition) is 4. The number of nitrogens with one attached hydrogen (secondary N) is 1. The molecule has 1 N–H and O–H groups in total. The van der Waals surface area contributed by atoms with Crippen LogP contribution in [0, 0.1) is 13.8 Å². The predicted molar refractivity (Wildman–Crippen MR) is 82.9 cm³/mol. The van der Waals surface area contributed by atoms with Gasteiger partial charge in [-0.3, -0.25) is 4.90 Å². The number of thiazole rings is 1. The fourth-order valence-corrected chi connectivity index (χ4v) is 4.24. The molecule has 1 fully saturated rings. The molecule has 1 saturated heterocycles. The number of piperidine rings is 1. The molecule has 4 heteroatoms. The van der Waals surface area contributed by atoms with Crippen LogP contribution >= 0.6 is 11.3 Å². The van der Waals surface area contributed by atoms with E-state index < -0.39 is 0 Å². The molecule has 19 heavy (non-hydrogen) atoms. The third-order valence-corrected chi connectivity index (χ3v) is 5.46. The Morgan fingerprint density at radius 2 is 2.21 bits per heavy atom. The lowest BCUT2D eigenvalue weighted by atomic mass is 9.97. The Morgan fingerprint density at radius 3 is 2.84 bits per heavy atom. The minimum Gasteiger partial charge on any atom is -0.320 e. The maximum atomic E-state index is 4.59. The van der Waals surface area contributed by atoms with Crippen molar-refractivity contribution in [1.82, 2.24) is 15.2 Å². The molecule has 0 bridgehead atoms. The summed E-state index contributed by atoms with van der Waals surface area (Å²) in [5, 5.41) is 4.49. The van der Waals surface area contributed by atoms with Crippen LogP contribution < -0.4 is 5.32 Å². The van der Waals surface area contributed by atoms with Gasteiger partial charge in [-0.15, -0.1) is 11.3 Å². The lowest BCUT2D eigenvalue weighted by Crippen LogP contribution is -2.42. The van der Waals surface area contributed by atoms with Gasteiger partial charge < -0.3 is 5.32 Å². The van der Waals surface area contributed by atoms with Gasteiger partial charge >= 0.3 is 0 Å². The summed E-state index contributed by atoms with van der Waals surface area (Å²) in [6.45, 7) is 8.99. The van der Waals surface area contributed by atoms with Gasteiger partial charge in [0.2, 0.25) is 0 Å². The van der Waals surface area contributed by atoms with E-state index in [0.717, 1.165) is 12.6 Å². The largest absolute Gasteiger partial charge is 0.320 e. The van der Waals surface area contributed by atoms with Crippen molar-refractivity contribution < 1.29 is 0 Å². The van der Waals surface area contributed by atoms with Crippen LogP contribution in [0.4, 0.5) is 0 Å². The Bertz CT molecular complexity index is 402. The Balaban J connectivity index is 2.10. The molecular formula is C15H27N3S. The van der Waals surface area contributed by atoms with Gasteiger partial charge in [0.05, 0.1) is 10.7 Å². The Hall–Kier alpha value is -0.450. The molecular weight excluding hydrogens is 254 g/mol. The molecule has 2 unspecified atom stereocenters. The smallest absolute Gasteiger partial charge is 0.0900 e. The highest BCUT2D eigenvalue weighted by atomic mass is 32.1. The van der Waals surface area contributed by atoms with E-state index in [-0.39, 0.29) is 0 Å². The van der Waals surface area contributed by atoms with Crippen molar-refractivity contribution in [2.24, 2.45) is 0 Å². The number of likely N-dealkylation sites (tertiary alicyclic amines) is 1. The van der Waals surface area contributed by atoms with Crippen LogP contribution in [0.5, 0.6) is 0 Å². The highest BCUT2D eigenvalue weighted by Crippen LogP contribution is 2.34. The van der Waals surface area contributed by atoms with Crippen molar-refractivity contribution in [2.75, 3.05) is 20.1 Å². The molecule has 1 aliphatic heterocycles. The van der Waals surface area contributed by atoms with Crippen LogP contribution in [-0.4, -0.2) is 36.1 Å². The first kappa shape index (κ1) is 14.9. The minimum absolute atomic E-state index is 0.522. The predicted octanol–water partition coefficient (Wildman–Crippen LogP) is 3.28. The molecule has 0 radical (unpaired) electrons. The van der Waals surface area contributed by atoms with E-state index in [9.17, 15) is 0 Å². The normalized spacial score (nSPS) is 22.6. The zero-order chi connectivity index (χ0) is 13.8. The van der Waals surface area contributed by atoms with E-state index in [1.165, 1.54) is 47.8 Å². The molecule has 0 amide bonds. The molecule has 2 heterocycles. The van der Waals surface area contributed by atoms with Crippen LogP contribution in [0.2, 0.25) is 0 Å². The standard InChI is InChI=1S/C15H27N3S/c1-11-15(19-13(3)17-11)12(2)18-10-6-5-7-14(18)8-9-16-4/h12,14,16H,5-10H2,1-4H3. The second-order valence-corrected chi connectivity index (χ2v) is 6.87. The van der Waals surface area contributed by atoms with Crippen LogP contribution in [0.15, 0.2) is 0 Å². The lowest BCUT2D eigenvalue weighted by molar-refractivity contribution is 0.0984. The van der Waals surface area contributed by atoms with Gasteiger partial charge in [0.25, 0.3) is 0 Å².